The molecule has 3 nitrogen and oxygen atoms in total. The van der Waals surface area contributed by atoms with Crippen LogP contribution in [0.2, 0.25) is 0 Å². The van der Waals surface area contributed by atoms with E-state index in [4.69, 9.17) is 4.74 Å². The minimum Gasteiger partial charge on any atom is -0.487 e. The van der Waals surface area contributed by atoms with Crippen LogP contribution in [-0.4, -0.2) is 9.78 Å². The van der Waals surface area contributed by atoms with E-state index in [2.05, 4.69) is 43.9 Å². The number of rotatable bonds is 5. The maximum atomic E-state index is 13.2. The highest BCUT2D eigenvalue weighted by atomic mass is 79.9. The third kappa shape index (κ3) is 3.23. The molecular formula is C14H15Br2FN2O. The van der Waals surface area contributed by atoms with Gasteiger partial charge in [-0.1, -0.05) is 6.92 Å². The van der Waals surface area contributed by atoms with E-state index in [0.717, 1.165) is 28.8 Å². The summed E-state index contributed by atoms with van der Waals surface area (Å²) in [5, 5.41) is 4.51. The van der Waals surface area contributed by atoms with Crippen molar-refractivity contribution >= 4 is 31.9 Å². The van der Waals surface area contributed by atoms with Crippen molar-refractivity contribution in [3.63, 3.8) is 0 Å². The van der Waals surface area contributed by atoms with Crippen LogP contribution in [0.5, 0.6) is 5.75 Å². The number of halogens is 3. The summed E-state index contributed by atoms with van der Waals surface area (Å²) in [6.07, 6.45) is 0.864. The smallest absolute Gasteiger partial charge is 0.137 e. The largest absolute Gasteiger partial charge is 0.487 e. The molecule has 0 aliphatic heterocycles. The van der Waals surface area contributed by atoms with Crippen LogP contribution in [0, 0.1) is 5.82 Å². The van der Waals surface area contributed by atoms with Crippen LogP contribution in [-0.2, 0) is 19.6 Å². The Labute approximate surface area is 134 Å². The lowest BCUT2D eigenvalue weighted by Gasteiger charge is -2.09. The van der Waals surface area contributed by atoms with Crippen LogP contribution in [0.3, 0.4) is 0 Å². The fourth-order valence-electron chi connectivity index (χ4n) is 1.87. The fraction of sp³-hybridized carbons (Fsp3) is 0.357. The molecule has 0 bridgehead atoms. The highest BCUT2D eigenvalue weighted by Gasteiger charge is 2.14. The Hall–Kier alpha value is -0.880. The van der Waals surface area contributed by atoms with Gasteiger partial charge in [-0.15, -0.1) is 0 Å². The molecule has 1 aromatic carbocycles. The molecule has 108 valence electrons. The van der Waals surface area contributed by atoms with Gasteiger partial charge in [-0.25, -0.2) is 4.39 Å². The van der Waals surface area contributed by atoms with Gasteiger partial charge < -0.3 is 4.74 Å². The molecule has 0 unspecified atom stereocenters. The molecule has 20 heavy (non-hydrogen) atoms. The van der Waals surface area contributed by atoms with E-state index in [0.29, 0.717) is 16.8 Å². The lowest BCUT2D eigenvalue weighted by atomic mass is 10.3. The van der Waals surface area contributed by atoms with E-state index in [-0.39, 0.29) is 5.82 Å². The van der Waals surface area contributed by atoms with Gasteiger partial charge in [-0.3, -0.25) is 4.68 Å². The Morgan fingerprint density at radius 3 is 2.65 bits per heavy atom. The van der Waals surface area contributed by atoms with Crippen molar-refractivity contribution in [3.8, 4) is 5.75 Å². The van der Waals surface area contributed by atoms with Gasteiger partial charge in [0.1, 0.15) is 18.2 Å². The number of ether oxygens (including phenoxy) is 1. The molecule has 0 aliphatic carbocycles. The second kappa shape index (κ2) is 6.72. The zero-order valence-electron chi connectivity index (χ0n) is 11.3. The Bertz CT molecular complexity index is 613. The van der Waals surface area contributed by atoms with Gasteiger partial charge in [0.05, 0.1) is 20.3 Å². The minimum absolute atomic E-state index is 0.301. The Kier molecular flexibility index (Phi) is 5.21. The summed E-state index contributed by atoms with van der Waals surface area (Å²) in [6.45, 7) is 5.27. The maximum absolute atomic E-state index is 13.2. The summed E-state index contributed by atoms with van der Waals surface area (Å²) >= 11 is 6.72. The normalized spacial score (nSPS) is 10.8. The van der Waals surface area contributed by atoms with Crippen LogP contribution in [0.25, 0.3) is 0 Å². The predicted octanol–water partition coefficient (Wildman–Crippen LogP) is 4.71. The SMILES string of the molecule is CCc1nn(CC)c(COc2ccc(F)c(Br)c2)c1Br. The molecule has 2 rings (SSSR count). The summed E-state index contributed by atoms with van der Waals surface area (Å²) < 4.78 is 22.2. The van der Waals surface area contributed by atoms with Crippen molar-refractivity contribution < 1.29 is 9.13 Å². The van der Waals surface area contributed by atoms with Gasteiger partial charge >= 0.3 is 0 Å². The fourth-order valence-corrected chi connectivity index (χ4v) is 2.91. The molecule has 1 heterocycles. The molecule has 2 aromatic rings. The van der Waals surface area contributed by atoms with Crippen LogP contribution in [0.4, 0.5) is 4.39 Å². The monoisotopic (exact) mass is 404 g/mol. The Morgan fingerprint density at radius 1 is 1.30 bits per heavy atom. The lowest BCUT2D eigenvalue weighted by molar-refractivity contribution is 0.291. The van der Waals surface area contributed by atoms with Crippen LogP contribution >= 0.6 is 31.9 Å². The predicted molar refractivity (Wildman–Crippen MR) is 83.4 cm³/mol. The molecule has 0 saturated heterocycles. The number of hydrogen-bond donors (Lipinski definition) is 0. The van der Waals surface area contributed by atoms with E-state index in [9.17, 15) is 4.39 Å². The number of hydrogen-bond acceptors (Lipinski definition) is 2. The van der Waals surface area contributed by atoms with Gasteiger partial charge in [0.2, 0.25) is 0 Å². The first-order valence-corrected chi connectivity index (χ1v) is 7.97. The first-order valence-electron chi connectivity index (χ1n) is 6.38. The topological polar surface area (TPSA) is 27.1 Å². The van der Waals surface area contributed by atoms with E-state index in [1.54, 1.807) is 12.1 Å². The third-order valence-electron chi connectivity index (χ3n) is 2.96. The number of aromatic nitrogens is 2. The summed E-state index contributed by atoms with van der Waals surface area (Å²) in [4.78, 5) is 0. The maximum Gasteiger partial charge on any atom is 0.137 e. The van der Waals surface area contributed by atoms with Crippen LogP contribution < -0.4 is 4.74 Å². The lowest BCUT2D eigenvalue weighted by Crippen LogP contribution is -2.06. The van der Waals surface area contributed by atoms with E-state index < -0.39 is 0 Å². The first kappa shape index (κ1) is 15.5. The van der Waals surface area contributed by atoms with Crippen LogP contribution in [0.15, 0.2) is 27.1 Å². The van der Waals surface area contributed by atoms with Gasteiger partial charge in [0.25, 0.3) is 0 Å². The number of benzene rings is 1. The standard InChI is InChI=1S/C14H15Br2FN2O/c1-3-12-14(16)13(19(4-2)18-12)8-20-9-5-6-11(17)10(15)7-9/h5-7H,3-4,8H2,1-2H3. The van der Waals surface area contributed by atoms with Crippen LogP contribution in [0.1, 0.15) is 25.2 Å². The quantitative estimate of drug-likeness (QED) is 0.720. The molecule has 0 amide bonds. The minimum atomic E-state index is -0.301. The highest BCUT2D eigenvalue weighted by molar-refractivity contribution is 9.10. The molecule has 0 fully saturated rings. The van der Waals surface area contributed by atoms with Crippen molar-refractivity contribution in [2.24, 2.45) is 0 Å². The van der Waals surface area contributed by atoms with E-state index in [1.807, 2.05) is 11.6 Å². The molecule has 1 aromatic heterocycles. The molecule has 0 radical (unpaired) electrons. The Morgan fingerprint density at radius 2 is 2.05 bits per heavy atom. The van der Waals surface area contributed by atoms with Crippen molar-refractivity contribution in [1.82, 2.24) is 9.78 Å². The Balaban J connectivity index is 2.17. The van der Waals surface area contributed by atoms with Crippen molar-refractivity contribution in [2.45, 2.75) is 33.4 Å². The first-order chi connectivity index (χ1) is 9.56. The average Bonchev–Trinajstić information content (AvgIpc) is 2.76. The summed E-state index contributed by atoms with van der Waals surface area (Å²) in [5.41, 5.74) is 2.01. The molecule has 0 saturated carbocycles. The van der Waals surface area contributed by atoms with Crippen molar-refractivity contribution in [3.05, 3.63) is 44.3 Å². The van der Waals surface area contributed by atoms with E-state index >= 15 is 0 Å². The second-order valence-electron chi connectivity index (χ2n) is 4.24. The third-order valence-corrected chi connectivity index (χ3v) is 4.48. The van der Waals surface area contributed by atoms with E-state index in [1.165, 1.54) is 6.07 Å². The van der Waals surface area contributed by atoms with Gasteiger partial charge in [0, 0.05) is 6.54 Å². The molecule has 6 heteroatoms. The average molecular weight is 406 g/mol. The van der Waals surface area contributed by atoms with Crippen molar-refractivity contribution in [2.75, 3.05) is 0 Å². The number of aryl methyl sites for hydroxylation is 2. The molecule has 0 atom stereocenters. The molecule has 0 spiro atoms. The summed E-state index contributed by atoms with van der Waals surface area (Å²) in [5.74, 6) is 0.317. The van der Waals surface area contributed by atoms with Gasteiger partial charge in [0.15, 0.2) is 0 Å². The van der Waals surface area contributed by atoms with Gasteiger partial charge in [-0.05, 0) is 63.4 Å². The highest BCUT2D eigenvalue weighted by Crippen LogP contribution is 2.26. The molecular weight excluding hydrogens is 391 g/mol. The number of nitrogens with zero attached hydrogens (tertiary/aromatic N) is 2. The summed E-state index contributed by atoms with van der Waals surface area (Å²) in [7, 11) is 0. The zero-order chi connectivity index (χ0) is 14.7. The molecule has 0 N–H and O–H groups in total. The second-order valence-corrected chi connectivity index (χ2v) is 5.89. The summed E-state index contributed by atoms with van der Waals surface area (Å²) in [6, 6.07) is 4.61. The van der Waals surface area contributed by atoms with Crippen molar-refractivity contribution in [1.29, 1.82) is 0 Å². The molecule has 0 aliphatic rings. The zero-order valence-corrected chi connectivity index (χ0v) is 14.5. The van der Waals surface area contributed by atoms with Gasteiger partial charge in [-0.2, -0.15) is 5.10 Å².